The number of hydrogen-bond acceptors (Lipinski definition) is 3. The van der Waals surface area contributed by atoms with Crippen LogP contribution in [0, 0.1) is 0 Å². The fraction of sp³-hybridized carbons (Fsp3) is 0.100. The summed E-state index contributed by atoms with van der Waals surface area (Å²) in [7, 11) is 1.27. The Morgan fingerprint density at radius 1 is 1.43 bits per heavy atom. The lowest BCUT2D eigenvalue weighted by molar-refractivity contribution is -0.133. The molecule has 0 aliphatic carbocycles. The summed E-state index contributed by atoms with van der Waals surface area (Å²) in [6.45, 7) is 0. The van der Waals surface area contributed by atoms with Crippen molar-refractivity contribution >= 4 is 27.5 Å². The van der Waals surface area contributed by atoms with Gasteiger partial charge in [-0.3, -0.25) is 0 Å². The lowest BCUT2D eigenvalue weighted by Crippen LogP contribution is -2.03. The molecule has 0 bridgehead atoms. The summed E-state index contributed by atoms with van der Waals surface area (Å²) >= 11 is 3.27. The molecule has 0 saturated carbocycles. The van der Waals surface area contributed by atoms with Crippen molar-refractivity contribution in [1.29, 1.82) is 0 Å². The molecule has 0 aromatic heterocycles. The summed E-state index contributed by atoms with van der Waals surface area (Å²) in [5.41, 5.74) is 0.752. The predicted molar refractivity (Wildman–Crippen MR) is 56.8 cm³/mol. The molecule has 1 aromatic rings. The molecule has 1 N–H and O–H groups in total. The third-order valence-corrected chi connectivity index (χ3v) is 2.22. The molecule has 0 unspecified atom stereocenters. The van der Waals surface area contributed by atoms with Crippen LogP contribution < -0.4 is 0 Å². The van der Waals surface area contributed by atoms with Crippen LogP contribution >= 0.6 is 15.9 Å². The average molecular weight is 257 g/mol. The molecule has 0 saturated heterocycles. The maximum atomic E-state index is 11.2. The molecule has 0 atom stereocenters. The molecular weight excluding hydrogens is 248 g/mol. The number of rotatable bonds is 2. The first-order valence-electron chi connectivity index (χ1n) is 3.87. The van der Waals surface area contributed by atoms with E-state index in [1.807, 2.05) is 0 Å². The van der Waals surface area contributed by atoms with Crippen LogP contribution in [-0.2, 0) is 9.53 Å². The van der Waals surface area contributed by atoms with E-state index in [9.17, 15) is 4.79 Å². The van der Waals surface area contributed by atoms with Gasteiger partial charge in [0.25, 0.3) is 0 Å². The highest BCUT2D eigenvalue weighted by Crippen LogP contribution is 2.18. The zero-order valence-corrected chi connectivity index (χ0v) is 9.11. The summed E-state index contributed by atoms with van der Waals surface area (Å²) in [5.74, 6) is -0.560. The molecule has 0 radical (unpaired) electrons. The molecule has 0 amide bonds. The number of benzene rings is 1. The molecule has 74 valence electrons. The number of carbonyl (C=O) groups is 1. The number of ether oxygens (including phenoxy) is 1. The van der Waals surface area contributed by atoms with Gasteiger partial charge < -0.3 is 9.84 Å². The second kappa shape index (κ2) is 4.81. The van der Waals surface area contributed by atoms with E-state index in [4.69, 9.17) is 5.11 Å². The second-order valence-corrected chi connectivity index (χ2v) is 3.46. The SMILES string of the molecule is COC(=O)/C(=C/O)c1ccc(Br)cc1. The lowest BCUT2D eigenvalue weighted by Gasteiger charge is -2.03. The topological polar surface area (TPSA) is 46.5 Å². The van der Waals surface area contributed by atoms with E-state index >= 15 is 0 Å². The Morgan fingerprint density at radius 2 is 2.00 bits per heavy atom. The molecule has 4 heteroatoms. The van der Waals surface area contributed by atoms with Gasteiger partial charge in [-0.2, -0.15) is 0 Å². The summed E-state index contributed by atoms with van der Waals surface area (Å²) in [6, 6.07) is 6.98. The van der Waals surface area contributed by atoms with Gasteiger partial charge in [0, 0.05) is 4.47 Å². The minimum atomic E-state index is -0.560. The van der Waals surface area contributed by atoms with Crippen molar-refractivity contribution in [3.63, 3.8) is 0 Å². The Morgan fingerprint density at radius 3 is 2.43 bits per heavy atom. The Kier molecular flexibility index (Phi) is 3.71. The van der Waals surface area contributed by atoms with Crippen molar-refractivity contribution in [3.05, 3.63) is 40.6 Å². The van der Waals surface area contributed by atoms with E-state index < -0.39 is 5.97 Å². The van der Waals surface area contributed by atoms with E-state index in [-0.39, 0.29) is 5.57 Å². The first-order chi connectivity index (χ1) is 6.69. The highest BCUT2D eigenvalue weighted by Gasteiger charge is 2.11. The third kappa shape index (κ3) is 2.35. The highest BCUT2D eigenvalue weighted by atomic mass is 79.9. The van der Waals surface area contributed by atoms with E-state index in [0.717, 1.165) is 10.7 Å². The Hall–Kier alpha value is -1.29. The van der Waals surface area contributed by atoms with Gasteiger partial charge in [0.05, 0.1) is 13.4 Å². The van der Waals surface area contributed by atoms with E-state index in [1.165, 1.54) is 7.11 Å². The van der Waals surface area contributed by atoms with Gasteiger partial charge in [-0.15, -0.1) is 0 Å². The van der Waals surface area contributed by atoms with Crippen LogP contribution in [0.15, 0.2) is 35.0 Å². The fourth-order valence-corrected chi connectivity index (χ4v) is 1.25. The normalized spacial score (nSPS) is 11.1. The van der Waals surface area contributed by atoms with Crippen molar-refractivity contribution in [2.75, 3.05) is 7.11 Å². The smallest absolute Gasteiger partial charge is 0.341 e. The zero-order valence-electron chi connectivity index (χ0n) is 7.53. The molecule has 0 aliphatic heterocycles. The summed E-state index contributed by atoms with van der Waals surface area (Å²) in [4.78, 5) is 11.2. The minimum absolute atomic E-state index is 0.139. The molecule has 0 fully saturated rings. The monoisotopic (exact) mass is 256 g/mol. The van der Waals surface area contributed by atoms with Crippen molar-refractivity contribution in [2.24, 2.45) is 0 Å². The molecule has 3 nitrogen and oxygen atoms in total. The molecule has 0 aliphatic rings. The highest BCUT2D eigenvalue weighted by molar-refractivity contribution is 9.10. The van der Waals surface area contributed by atoms with E-state index in [0.29, 0.717) is 5.56 Å². The van der Waals surface area contributed by atoms with Crippen molar-refractivity contribution in [3.8, 4) is 0 Å². The van der Waals surface area contributed by atoms with Gasteiger partial charge in [-0.05, 0) is 17.7 Å². The number of hydrogen-bond donors (Lipinski definition) is 1. The zero-order chi connectivity index (χ0) is 10.6. The molecule has 0 spiro atoms. The van der Waals surface area contributed by atoms with Crippen LogP contribution in [0.25, 0.3) is 5.57 Å². The summed E-state index contributed by atoms with van der Waals surface area (Å²) < 4.78 is 5.41. The Balaban J connectivity index is 3.03. The van der Waals surface area contributed by atoms with E-state index in [1.54, 1.807) is 24.3 Å². The Labute approximate surface area is 90.1 Å². The Bertz CT molecular complexity index is 354. The summed E-state index contributed by atoms with van der Waals surface area (Å²) in [5, 5.41) is 8.88. The first kappa shape index (κ1) is 10.8. The van der Waals surface area contributed by atoms with Gasteiger partial charge >= 0.3 is 5.97 Å². The van der Waals surface area contributed by atoms with Crippen molar-refractivity contribution in [2.45, 2.75) is 0 Å². The largest absolute Gasteiger partial charge is 0.515 e. The number of esters is 1. The van der Waals surface area contributed by atoms with Crippen LogP contribution in [0.1, 0.15) is 5.56 Å². The first-order valence-corrected chi connectivity index (χ1v) is 4.67. The molecule has 14 heavy (non-hydrogen) atoms. The maximum Gasteiger partial charge on any atom is 0.341 e. The predicted octanol–water partition coefficient (Wildman–Crippen LogP) is 2.52. The third-order valence-electron chi connectivity index (χ3n) is 1.69. The van der Waals surface area contributed by atoms with Crippen LogP contribution in [0.5, 0.6) is 0 Å². The second-order valence-electron chi connectivity index (χ2n) is 2.54. The van der Waals surface area contributed by atoms with Crippen LogP contribution in [0.3, 0.4) is 0 Å². The standard InChI is InChI=1S/C10H9BrO3/c1-14-10(13)9(6-12)7-2-4-8(11)5-3-7/h2-6,12H,1H3/b9-6+. The number of aliphatic hydroxyl groups excluding tert-OH is 1. The summed E-state index contributed by atoms with van der Waals surface area (Å²) in [6.07, 6.45) is 0.745. The number of carbonyl (C=O) groups excluding carboxylic acids is 1. The van der Waals surface area contributed by atoms with Gasteiger partial charge in [-0.1, -0.05) is 28.1 Å². The number of methoxy groups -OCH3 is 1. The van der Waals surface area contributed by atoms with Crippen LogP contribution in [0.4, 0.5) is 0 Å². The van der Waals surface area contributed by atoms with Crippen LogP contribution in [0.2, 0.25) is 0 Å². The number of aliphatic hydroxyl groups is 1. The lowest BCUT2D eigenvalue weighted by atomic mass is 10.1. The molecular formula is C10H9BrO3. The quantitative estimate of drug-likeness (QED) is 0.503. The van der Waals surface area contributed by atoms with Crippen molar-refractivity contribution < 1.29 is 14.6 Å². The van der Waals surface area contributed by atoms with Gasteiger partial charge in [-0.25, -0.2) is 4.79 Å². The maximum absolute atomic E-state index is 11.2. The average Bonchev–Trinajstić information content (AvgIpc) is 2.21. The fourth-order valence-electron chi connectivity index (χ4n) is 0.984. The molecule has 1 aromatic carbocycles. The van der Waals surface area contributed by atoms with Gasteiger partial charge in [0.15, 0.2) is 0 Å². The minimum Gasteiger partial charge on any atom is -0.515 e. The molecule has 0 heterocycles. The van der Waals surface area contributed by atoms with Gasteiger partial charge in [0.1, 0.15) is 5.57 Å². The van der Waals surface area contributed by atoms with Crippen LogP contribution in [-0.4, -0.2) is 18.2 Å². The van der Waals surface area contributed by atoms with E-state index in [2.05, 4.69) is 20.7 Å². The number of halogens is 1. The van der Waals surface area contributed by atoms with Gasteiger partial charge in [0.2, 0.25) is 0 Å². The van der Waals surface area contributed by atoms with Crippen molar-refractivity contribution in [1.82, 2.24) is 0 Å². The molecule has 1 rings (SSSR count).